The molecule has 2 heterocycles. The normalized spacial score (nSPS) is 28.9. The molecule has 0 amide bonds. The number of nitrogens with zero attached hydrogens (tertiary/aromatic N) is 2. The quantitative estimate of drug-likeness (QED) is 0.769. The molecule has 0 spiro atoms. The Hall–Kier alpha value is 0.130. The summed E-state index contributed by atoms with van der Waals surface area (Å²) < 4.78 is 8.86. The number of hydrogen-bond donors (Lipinski definition) is 0. The van der Waals surface area contributed by atoms with Crippen LogP contribution < -0.4 is 0 Å². The minimum atomic E-state index is 0.197. The van der Waals surface area contributed by atoms with Gasteiger partial charge in [-0.15, -0.1) is 0 Å². The third-order valence-electron chi connectivity index (χ3n) is 3.88. The highest BCUT2D eigenvalue weighted by Crippen LogP contribution is 2.41. The molecule has 1 aromatic rings. The van der Waals surface area contributed by atoms with E-state index in [2.05, 4.69) is 43.9 Å². The van der Waals surface area contributed by atoms with E-state index in [0.717, 1.165) is 34.9 Å². The molecule has 0 N–H and O–H groups in total. The van der Waals surface area contributed by atoms with E-state index >= 15 is 0 Å². The van der Waals surface area contributed by atoms with Gasteiger partial charge in [-0.25, -0.2) is 0 Å². The fourth-order valence-electron chi connectivity index (χ4n) is 2.48. The molecular weight excluding hydrogens is 348 g/mol. The van der Waals surface area contributed by atoms with Gasteiger partial charge in [0, 0.05) is 24.4 Å². The van der Waals surface area contributed by atoms with Crippen LogP contribution in [-0.2, 0) is 18.2 Å². The fraction of sp³-hybridized carbons (Fsp3) is 0.750. The van der Waals surface area contributed by atoms with Crippen molar-refractivity contribution >= 4 is 31.9 Å². The first-order valence-electron chi connectivity index (χ1n) is 5.86. The summed E-state index contributed by atoms with van der Waals surface area (Å²) in [5.41, 5.74) is 2.51. The lowest BCUT2D eigenvalue weighted by Gasteiger charge is -2.30. The topological polar surface area (TPSA) is 27.1 Å². The summed E-state index contributed by atoms with van der Waals surface area (Å²) in [4.78, 5) is 0. The lowest BCUT2D eigenvalue weighted by Crippen LogP contribution is -2.33. The molecule has 17 heavy (non-hydrogen) atoms. The lowest BCUT2D eigenvalue weighted by atomic mass is 9.79. The van der Waals surface area contributed by atoms with Gasteiger partial charge in [0.1, 0.15) is 0 Å². The van der Waals surface area contributed by atoms with E-state index in [4.69, 9.17) is 4.74 Å². The van der Waals surface area contributed by atoms with Gasteiger partial charge in [-0.05, 0) is 42.6 Å². The lowest BCUT2D eigenvalue weighted by molar-refractivity contribution is 0.0737. The predicted octanol–water partition coefficient (Wildman–Crippen LogP) is 3.22. The molecule has 1 aliphatic heterocycles. The first-order valence-corrected chi connectivity index (χ1v) is 7.77. The van der Waals surface area contributed by atoms with Gasteiger partial charge in [-0.1, -0.05) is 15.9 Å². The zero-order valence-electron chi connectivity index (χ0n) is 10.5. The highest BCUT2D eigenvalue weighted by Gasteiger charge is 2.41. The van der Waals surface area contributed by atoms with E-state index < -0.39 is 0 Å². The van der Waals surface area contributed by atoms with E-state index in [-0.39, 0.29) is 5.41 Å². The Morgan fingerprint density at radius 1 is 1.59 bits per heavy atom. The van der Waals surface area contributed by atoms with E-state index in [1.54, 1.807) is 0 Å². The van der Waals surface area contributed by atoms with Crippen molar-refractivity contribution in [2.45, 2.75) is 32.8 Å². The van der Waals surface area contributed by atoms with Gasteiger partial charge in [0.2, 0.25) is 0 Å². The second-order valence-electron chi connectivity index (χ2n) is 4.91. The summed E-state index contributed by atoms with van der Waals surface area (Å²) in [6.07, 6.45) is 2.40. The molecule has 0 aliphatic carbocycles. The third kappa shape index (κ3) is 2.34. The number of ether oxygens (including phenoxy) is 1. The first kappa shape index (κ1) is 13.6. The van der Waals surface area contributed by atoms with Crippen molar-refractivity contribution in [1.29, 1.82) is 0 Å². The van der Waals surface area contributed by atoms with Crippen LogP contribution in [0.3, 0.4) is 0 Å². The second-order valence-corrected chi connectivity index (χ2v) is 6.26. The Morgan fingerprint density at radius 2 is 2.29 bits per heavy atom. The number of aryl methyl sites for hydroxylation is 2. The molecule has 1 saturated heterocycles. The minimum absolute atomic E-state index is 0.197. The summed E-state index contributed by atoms with van der Waals surface area (Å²) in [6, 6.07) is 0. The predicted molar refractivity (Wildman–Crippen MR) is 75.6 cm³/mol. The van der Waals surface area contributed by atoms with Crippen molar-refractivity contribution in [3.8, 4) is 0 Å². The molecule has 1 fully saturated rings. The fourth-order valence-corrected chi connectivity index (χ4v) is 3.89. The average Bonchev–Trinajstić information content (AvgIpc) is 2.76. The summed E-state index contributed by atoms with van der Waals surface area (Å²) in [6.45, 7) is 5.07. The Bertz CT molecular complexity index is 419. The average molecular weight is 366 g/mol. The smallest absolute Gasteiger partial charge is 0.0738 e. The summed E-state index contributed by atoms with van der Waals surface area (Å²) in [5, 5.41) is 5.43. The molecule has 2 unspecified atom stereocenters. The molecule has 5 heteroatoms. The molecule has 1 aliphatic rings. The highest BCUT2D eigenvalue weighted by atomic mass is 79.9. The third-order valence-corrected chi connectivity index (χ3v) is 6.03. The van der Waals surface area contributed by atoms with Crippen molar-refractivity contribution in [3.63, 3.8) is 0 Å². The van der Waals surface area contributed by atoms with Crippen LogP contribution >= 0.6 is 31.9 Å². The van der Waals surface area contributed by atoms with E-state index in [9.17, 15) is 0 Å². The number of aromatic nitrogens is 2. The van der Waals surface area contributed by atoms with Crippen LogP contribution in [0.2, 0.25) is 0 Å². The summed E-state index contributed by atoms with van der Waals surface area (Å²) >= 11 is 7.30. The molecule has 1 aromatic heterocycles. The van der Waals surface area contributed by atoms with Crippen LogP contribution in [0.15, 0.2) is 4.47 Å². The molecule has 3 nitrogen and oxygen atoms in total. The van der Waals surface area contributed by atoms with Gasteiger partial charge in [-0.2, -0.15) is 5.10 Å². The first-order chi connectivity index (χ1) is 8.00. The molecule has 2 atom stereocenters. The van der Waals surface area contributed by atoms with Gasteiger partial charge in [0.05, 0.1) is 22.0 Å². The maximum atomic E-state index is 5.74. The maximum absolute atomic E-state index is 5.74. The minimum Gasteiger partial charge on any atom is -0.378 e. The molecule has 2 rings (SSSR count). The molecule has 0 radical (unpaired) electrons. The number of hydrogen-bond acceptors (Lipinski definition) is 2. The number of alkyl halides is 1. The van der Waals surface area contributed by atoms with Gasteiger partial charge < -0.3 is 4.74 Å². The molecule has 0 aromatic carbocycles. The van der Waals surface area contributed by atoms with E-state index in [1.807, 2.05) is 18.7 Å². The van der Waals surface area contributed by atoms with Crippen LogP contribution in [0.5, 0.6) is 0 Å². The monoisotopic (exact) mass is 364 g/mol. The van der Waals surface area contributed by atoms with Gasteiger partial charge in [0.15, 0.2) is 0 Å². The van der Waals surface area contributed by atoms with Gasteiger partial charge in [-0.3, -0.25) is 4.68 Å². The van der Waals surface area contributed by atoms with Gasteiger partial charge >= 0.3 is 0 Å². The van der Waals surface area contributed by atoms with Crippen LogP contribution in [0.4, 0.5) is 0 Å². The van der Waals surface area contributed by atoms with Gasteiger partial charge in [0.25, 0.3) is 0 Å². The zero-order chi connectivity index (χ0) is 12.6. The Morgan fingerprint density at radius 3 is 2.71 bits per heavy atom. The zero-order valence-corrected chi connectivity index (χ0v) is 13.6. The van der Waals surface area contributed by atoms with Crippen molar-refractivity contribution in [3.05, 3.63) is 15.9 Å². The van der Waals surface area contributed by atoms with Crippen molar-refractivity contribution in [2.75, 3.05) is 11.9 Å². The summed E-state index contributed by atoms with van der Waals surface area (Å²) in [5.74, 6) is 0. The second kappa shape index (κ2) is 5.02. The molecule has 0 bridgehead atoms. The Kier molecular flexibility index (Phi) is 4.00. The molecule has 0 saturated carbocycles. The van der Waals surface area contributed by atoms with Crippen molar-refractivity contribution in [1.82, 2.24) is 9.78 Å². The van der Waals surface area contributed by atoms with E-state index in [0.29, 0.717) is 6.10 Å². The number of halogens is 2. The summed E-state index contributed by atoms with van der Waals surface area (Å²) in [7, 11) is 2.01. The SMILES string of the molecule is Cc1nn(C)c(CC2(CBr)CCOC2C)c1Br. The van der Waals surface area contributed by atoms with Crippen LogP contribution in [0, 0.1) is 12.3 Å². The largest absolute Gasteiger partial charge is 0.378 e. The Balaban J connectivity index is 2.30. The van der Waals surface area contributed by atoms with E-state index in [1.165, 1.54) is 5.69 Å². The molecule has 96 valence electrons. The van der Waals surface area contributed by atoms with Crippen LogP contribution in [0.1, 0.15) is 24.7 Å². The van der Waals surface area contributed by atoms with Crippen molar-refractivity contribution < 1.29 is 4.74 Å². The maximum Gasteiger partial charge on any atom is 0.0738 e. The molecular formula is C12H18Br2N2O. The number of rotatable bonds is 3. The standard InChI is InChI=1S/C12H18Br2N2O/c1-8-11(14)10(16(3)15-8)6-12(7-13)4-5-17-9(12)2/h9H,4-7H2,1-3H3. The highest BCUT2D eigenvalue weighted by molar-refractivity contribution is 9.10. The Labute approximate surface area is 119 Å². The van der Waals surface area contributed by atoms with Crippen LogP contribution in [-0.4, -0.2) is 27.8 Å². The van der Waals surface area contributed by atoms with Crippen molar-refractivity contribution in [2.24, 2.45) is 12.5 Å². The van der Waals surface area contributed by atoms with Crippen LogP contribution in [0.25, 0.3) is 0 Å².